The first-order chi connectivity index (χ1) is 16.9. The number of ketones is 1. The molecule has 3 aromatic rings. The van der Waals surface area contributed by atoms with Gasteiger partial charge in [-0.3, -0.25) is 14.5 Å². The molecule has 4 rings (SSSR count). The number of nitrogens with zero attached hydrogens (tertiary/aromatic N) is 1. The minimum atomic E-state index is -0.974. The van der Waals surface area contributed by atoms with E-state index in [1.54, 1.807) is 68.6 Å². The van der Waals surface area contributed by atoms with E-state index in [1.807, 2.05) is 13.8 Å². The zero-order chi connectivity index (χ0) is 25.1. The van der Waals surface area contributed by atoms with Crippen LogP contribution < -0.4 is 19.1 Å². The lowest BCUT2D eigenvalue weighted by Gasteiger charge is -2.23. The van der Waals surface area contributed by atoms with Crippen molar-refractivity contribution >= 4 is 23.1 Å². The third-order valence-corrected chi connectivity index (χ3v) is 5.64. The maximum Gasteiger partial charge on any atom is 0.300 e. The average Bonchev–Trinajstić information content (AvgIpc) is 3.40. The van der Waals surface area contributed by atoms with Gasteiger partial charge < -0.3 is 23.7 Å². The number of methoxy groups -OCH3 is 1. The summed E-state index contributed by atoms with van der Waals surface area (Å²) in [6.45, 7) is 6.23. The molecule has 1 atom stereocenters. The first kappa shape index (κ1) is 23.9. The summed E-state index contributed by atoms with van der Waals surface area (Å²) in [5.41, 5.74) is 0.643. The molecule has 1 unspecified atom stereocenters. The van der Waals surface area contributed by atoms with E-state index in [0.29, 0.717) is 47.7 Å². The van der Waals surface area contributed by atoms with Crippen molar-refractivity contribution in [3.63, 3.8) is 0 Å². The number of aryl methyl sites for hydroxylation is 1. The Kier molecular flexibility index (Phi) is 6.82. The molecule has 1 saturated heterocycles. The molecule has 1 fully saturated rings. The fraction of sp³-hybridized carbons (Fsp3) is 0.259. The van der Waals surface area contributed by atoms with Gasteiger partial charge in [0.25, 0.3) is 11.7 Å². The van der Waals surface area contributed by atoms with Gasteiger partial charge in [0.05, 0.1) is 31.5 Å². The fourth-order valence-corrected chi connectivity index (χ4v) is 4.09. The van der Waals surface area contributed by atoms with Gasteiger partial charge >= 0.3 is 0 Å². The maximum absolute atomic E-state index is 13.3. The normalized spacial score (nSPS) is 17.0. The number of aliphatic hydroxyl groups excluding tert-OH is 1. The highest BCUT2D eigenvalue weighted by Crippen LogP contribution is 2.44. The Balaban J connectivity index is 1.90. The van der Waals surface area contributed by atoms with Crippen LogP contribution in [0.1, 0.15) is 37.0 Å². The van der Waals surface area contributed by atoms with E-state index < -0.39 is 17.7 Å². The lowest BCUT2D eigenvalue weighted by molar-refractivity contribution is -0.132. The summed E-state index contributed by atoms with van der Waals surface area (Å²) in [6, 6.07) is 14.1. The van der Waals surface area contributed by atoms with Crippen LogP contribution in [0.25, 0.3) is 5.76 Å². The number of carbonyl (C=O) groups excluding carboxylic acids is 2. The zero-order valence-corrected chi connectivity index (χ0v) is 20.0. The standard InChI is InChI=1S/C27H27NO7/c1-5-33-19-12-13-20(22(15-19)34-6-2)25(29)23-24(21-14-7-16(3)35-21)28(27(31)26(23)30)17-8-10-18(32-4)11-9-17/h7-15,24,29H,5-6H2,1-4H3/b25-23-. The third kappa shape index (κ3) is 4.47. The Morgan fingerprint density at radius 2 is 1.66 bits per heavy atom. The highest BCUT2D eigenvalue weighted by molar-refractivity contribution is 6.51. The number of hydrogen-bond donors (Lipinski definition) is 1. The smallest absolute Gasteiger partial charge is 0.300 e. The highest BCUT2D eigenvalue weighted by atomic mass is 16.5. The summed E-state index contributed by atoms with van der Waals surface area (Å²) < 4.78 is 22.3. The second-order valence-electron chi connectivity index (χ2n) is 7.84. The van der Waals surface area contributed by atoms with Crippen LogP contribution in [0.15, 0.2) is 64.6 Å². The molecular weight excluding hydrogens is 450 g/mol. The first-order valence-electron chi connectivity index (χ1n) is 11.3. The zero-order valence-electron chi connectivity index (χ0n) is 20.0. The Bertz CT molecular complexity index is 1270. The third-order valence-electron chi connectivity index (χ3n) is 5.64. The number of anilines is 1. The van der Waals surface area contributed by atoms with Crippen LogP contribution >= 0.6 is 0 Å². The summed E-state index contributed by atoms with van der Waals surface area (Å²) in [5.74, 6) is 0.495. The number of amides is 1. The summed E-state index contributed by atoms with van der Waals surface area (Å²) in [7, 11) is 1.54. The van der Waals surface area contributed by atoms with Crippen molar-refractivity contribution in [3.8, 4) is 17.2 Å². The molecule has 2 aromatic carbocycles. The van der Waals surface area contributed by atoms with Crippen molar-refractivity contribution in [1.82, 2.24) is 0 Å². The molecule has 0 radical (unpaired) electrons. The molecule has 8 nitrogen and oxygen atoms in total. The molecule has 1 N–H and O–H groups in total. The van der Waals surface area contributed by atoms with Crippen molar-refractivity contribution in [2.24, 2.45) is 0 Å². The largest absolute Gasteiger partial charge is 0.507 e. The Morgan fingerprint density at radius 3 is 2.26 bits per heavy atom. The Morgan fingerprint density at radius 1 is 0.971 bits per heavy atom. The SMILES string of the molecule is CCOc1ccc(/C(O)=C2/C(=O)C(=O)N(c3ccc(OC)cc3)C2c2ccc(C)o2)c(OCC)c1. The van der Waals surface area contributed by atoms with Gasteiger partial charge in [-0.15, -0.1) is 0 Å². The molecule has 0 bridgehead atoms. The summed E-state index contributed by atoms with van der Waals surface area (Å²) in [4.78, 5) is 27.9. The second kappa shape index (κ2) is 9.97. The van der Waals surface area contributed by atoms with E-state index in [-0.39, 0.29) is 16.9 Å². The highest BCUT2D eigenvalue weighted by Gasteiger charge is 2.48. The maximum atomic E-state index is 13.3. The number of aliphatic hydroxyl groups is 1. The van der Waals surface area contributed by atoms with Gasteiger partial charge in [-0.1, -0.05) is 0 Å². The molecule has 0 aliphatic carbocycles. The van der Waals surface area contributed by atoms with Crippen LogP contribution in [0.4, 0.5) is 5.69 Å². The quantitative estimate of drug-likeness (QED) is 0.276. The lowest BCUT2D eigenvalue weighted by Crippen LogP contribution is -2.29. The van der Waals surface area contributed by atoms with Gasteiger partial charge in [0.2, 0.25) is 0 Å². The number of ether oxygens (including phenoxy) is 3. The summed E-state index contributed by atoms with van der Waals surface area (Å²) in [6.07, 6.45) is 0. The molecule has 1 aromatic heterocycles. The van der Waals surface area contributed by atoms with Gasteiger partial charge in [0.15, 0.2) is 0 Å². The average molecular weight is 478 g/mol. The molecule has 35 heavy (non-hydrogen) atoms. The number of carbonyl (C=O) groups is 2. The van der Waals surface area contributed by atoms with Gasteiger partial charge in [-0.2, -0.15) is 0 Å². The number of hydrogen-bond acceptors (Lipinski definition) is 7. The molecule has 1 amide bonds. The molecule has 0 saturated carbocycles. The first-order valence-corrected chi connectivity index (χ1v) is 11.3. The minimum absolute atomic E-state index is 0.0923. The lowest BCUT2D eigenvalue weighted by atomic mass is 9.98. The van der Waals surface area contributed by atoms with E-state index in [1.165, 1.54) is 4.90 Å². The number of furan rings is 1. The van der Waals surface area contributed by atoms with Crippen molar-refractivity contribution < 1.29 is 33.3 Å². The molecule has 1 aliphatic rings. The molecule has 1 aliphatic heterocycles. The number of benzene rings is 2. The molecule has 182 valence electrons. The van der Waals surface area contributed by atoms with Crippen molar-refractivity contribution in [2.45, 2.75) is 26.8 Å². The molecule has 8 heteroatoms. The van der Waals surface area contributed by atoms with Gasteiger partial charge in [-0.05, 0) is 69.3 Å². The van der Waals surface area contributed by atoms with Crippen LogP contribution in [-0.2, 0) is 9.59 Å². The van der Waals surface area contributed by atoms with E-state index in [2.05, 4.69) is 0 Å². The van der Waals surface area contributed by atoms with E-state index in [4.69, 9.17) is 18.6 Å². The Hall–Kier alpha value is -4.20. The van der Waals surface area contributed by atoms with Crippen LogP contribution in [0, 0.1) is 6.92 Å². The topological polar surface area (TPSA) is 98.4 Å². The molecule has 2 heterocycles. The number of Topliss-reactive ketones (excluding diaryl/α,β-unsaturated/α-hetero) is 1. The van der Waals surface area contributed by atoms with Crippen molar-refractivity contribution in [3.05, 3.63) is 77.3 Å². The van der Waals surface area contributed by atoms with Crippen LogP contribution in [0.2, 0.25) is 0 Å². The van der Waals surface area contributed by atoms with Crippen molar-refractivity contribution in [2.75, 3.05) is 25.2 Å². The summed E-state index contributed by atoms with van der Waals surface area (Å²) in [5, 5.41) is 11.4. The van der Waals surface area contributed by atoms with Gasteiger partial charge in [-0.25, -0.2) is 0 Å². The van der Waals surface area contributed by atoms with Crippen molar-refractivity contribution in [1.29, 1.82) is 0 Å². The molecule has 0 spiro atoms. The Labute approximate surface area is 203 Å². The van der Waals surface area contributed by atoms with Crippen LogP contribution in [-0.4, -0.2) is 37.1 Å². The van der Waals surface area contributed by atoms with E-state index >= 15 is 0 Å². The monoisotopic (exact) mass is 477 g/mol. The van der Waals surface area contributed by atoms with Gasteiger partial charge in [0.1, 0.15) is 40.6 Å². The predicted molar refractivity (Wildman–Crippen MR) is 130 cm³/mol. The van der Waals surface area contributed by atoms with Crippen LogP contribution in [0.3, 0.4) is 0 Å². The van der Waals surface area contributed by atoms with E-state index in [0.717, 1.165) is 0 Å². The minimum Gasteiger partial charge on any atom is -0.507 e. The predicted octanol–water partition coefficient (Wildman–Crippen LogP) is 5.02. The van der Waals surface area contributed by atoms with E-state index in [9.17, 15) is 14.7 Å². The summed E-state index contributed by atoms with van der Waals surface area (Å²) >= 11 is 0. The second-order valence-corrected chi connectivity index (χ2v) is 7.84. The number of rotatable bonds is 8. The fourth-order valence-electron chi connectivity index (χ4n) is 4.09. The molecular formula is C27H27NO7. The van der Waals surface area contributed by atoms with Crippen LogP contribution in [0.5, 0.6) is 17.2 Å². The van der Waals surface area contributed by atoms with Gasteiger partial charge in [0, 0.05) is 11.8 Å².